The molecule has 0 unspecified atom stereocenters. The molecule has 6 N–H and O–H groups in total. The second-order valence-corrected chi connectivity index (χ2v) is 10.7. The van der Waals surface area contributed by atoms with Crippen LogP contribution in [0.3, 0.4) is 0 Å². The van der Waals surface area contributed by atoms with Gasteiger partial charge in [0, 0.05) is 26.1 Å². The summed E-state index contributed by atoms with van der Waals surface area (Å²) < 4.78 is 4.84. The highest BCUT2D eigenvalue weighted by Gasteiger charge is 2.23. The zero-order valence-electron chi connectivity index (χ0n) is 24.8. The molecule has 0 saturated heterocycles. The standard InChI is InChI=1S/C26H37N5O5S.C4H10/c1-36-26(35)22(12-15-37-2)30-24(33)17-31(14-13-29-25(34)21(27)10-11-23(28)32)16-19-8-5-7-18-6-3-4-9-20(18)19;1-3-4-2/h3-9,21-22H,10-17,27H2,1-2H3,(H2,28,32)(H,29,34)(H,30,33);3-4H2,1-2H3/t21-,22-;/m0./s1. The van der Waals surface area contributed by atoms with E-state index in [1.165, 1.54) is 20.0 Å². The summed E-state index contributed by atoms with van der Waals surface area (Å²) in [6, 6.07) is 12.4. The monoisotopic (exact) mass is 589 g/mol. The molecule has 0 aliphatic heterocycles. The third-order valence-corrected chi connectivity index (χ3v) is 6.98. The highest BCUT2D eigenvalue weighted by molar-refractivity contribution is 7.98. The first-order valence-electron chi connectivity index (χ1n) is 14.0. The Morgan fingerprint density at radius 1 is 1.02 bits per heavy atom. The first-order valence-corrected chi connectivity index (χ1v) is 15.4. The number of nitrogens with zero attached hydrogens (tertiary/aromatic N) is 1. The van der Waals surface area contributed by atoms with E-state index in [0.29, 0.717) is 25.3 Å². The van der Waals surface area contributed by atoms with Gasteiger partial charge in [0.05, 0.1) is 19.7 Å². The van der Waals surface area contributed by atoms with Crippen LogP contribution in [-0.2, 0) is 30.5 Å². The molecule has 0 aliphatic carbocycles. The zero-order chi connectivity index (χ0) is 30.6. The number of unbranched alkanes of at least 4 members (excludes halogenated alkanes) is 1. The fourth-order valence-corrected chi connectivity index (χ4v) is 4.32. The Balaban J connectivity index is 0.00000196. The van der Waals surface area contributed by atoms with E-state index in [4.69, 9.17) is 16.2 Å². The summed E-state index contributed by atoms with van der Waals surface area (Å²) in [5.41, 5.74) is 12.0. The van der Waals surface area contributed by atoms with Crippen LogP contribution >= 0.6 is 11.8 Å². The predicted molar refractivity (Wildman–Crippen MR) is 166 cm³/mol. The van der Waals surface area contributed by atoms with Gasteiger partial charge in [-0.15, -0.1) is 0 Å². The van der Waals surface area contributed by atoms with Crippen molar-refractivity contribution in [3.63, 3.8) is 0 Å². The molecule has 0 radical (unpaired) electrons. The van der Waals surface area contributed by atoms with Crippen molar-refractivity contribution in [1.29, 1.82) is 0 Å². The van der Waals surface area contributed by atoms with E-state index in [-0.39, 0.29) is 31.8 Å². The summed E-state index contributed by atoms with van der Waals surface area (Å²) in [4.78, 5) is 50.2. The van der Waals surface area contributed by atoms with Crippen LogP contribution in [0.25, 0.3) is 10.8 Å². The molecule has 0 aliphatic rings. The third-order valence-electron chi connectivity index (χ3n) is 6.34. The van der Waals surface area contributed by atoms with Gasteiger partial charge in [0.1, 0.15) is 6.04 Å². The molecule has 11 heteroatoms. The number of esters is 1. The Hall–Kier alpha value is -3.15. The van der Waals surface area contributed by atoms with Crippen molar-refractivity contribution in [2.24, 2.45) is 11.5 Å². The number of methoxy groups -OCH3 is 1. The van der Waals surface area contributed by atoms with Crippen molar-refractivity contribution >= 4 is 46.2 Å². The highest BCUT2D eigenvalue weighted by Crippen LogP contribution is 2.20. The molecule has 10 nitrogen and oxygen atoms in total. The van der Waals surface area contributed by atoms with E-state index in [0.717, 1.165) is 16.3 Å². The van der Waals surface area contributed by atoms with Crippen molar-refractivity contribution in [3.8, 4) is 0 Å². The average Bonchev–Trinajstić information content (AvgIpc) is 2.97. The molecule has 228 valence electrons. The molecule has 0 aromatic heterocycles. The lowest BCUT2D eigenvalue weighted by Crippen LogP contribution is -2.48. The number of hydrogen-bond donors (Lipinski definition) is 4. The Labute approximate surface area is 248 Å². The number of thioether (sulfide) groups is 1. The second-order valence-electron chi connectivity index (χ2n) is 9.68. The van der Waals surface area contributed by atoms with Gasteiger partial charge in [0.15, 0.2) is 0 Å². The van der Waals surface area contributed by atoms with Crippen LogP contribution in [0.1, 0.15) is 51.5 Å². The molecule has 3 amide bonds. The number of fused-ring (bicyclic) bond motifs is 1. The van der Waals surface area contributed by atoms with Gasteiger partial charge in [0.25, 0.3) is 0 Å². The lowest BCUT2D eigenvalue weighted by Gasteiger charge is -2.24. The van der Waals surface area contributed by atoms with E-state index < -0.39 is 29.9 Å². The van der Waals surface area contributed by atoms with Gasteiger partial charge < -0.3 is 26.8 Å². The minimum atomic E-state index is -0.848. The molecule has 0 bridgehead atoms. The summed E-state index contributed by atoms with van der Waals surface area (Å²) in [6.45, 7) is 5.43. The van der Waals surface area contributed by atoms with Crippen LogP contribution in [0.5, 0.6) is 0 Å². The topological polar surface area (TPSA) is 157 Å². The quantitative estimate of drug-likeness (QED) is 0.205. The largest absolute Gasteiger partial charge is 0.467 e. The molecule has 41 heavy (non-hydrogen) atoms. The summed E-state index contributed by atoms with van der Waals surface area (Å²) >= 11 is 1.58. The van der Waals surface area contributed by atoms with Crippen LogP contribution in [-0.4, -0.2) is 79.4 Å². The van der Waals surface area contributed by atoms with E-state index in [1.807, 2.05) is 53.6 Å². The minimum absolute atomic E-state index is 0.0135. The van der Waals surface area contributed by atoms with Crippen molar-refractivity contribution in [2.45, 2.75) is 64.6 Å². The van der Waals surface area contributed by atoms with E-state index in [1.54, 1.807) is 11.8 Å². The first kappa shape index (κ1) is 35.9. The van der Waals surface area contributed by atoms with Crippen molar-refractivity contribution < 1.29 is 23.9 Å². The van der Waals surface area contributed by atoms with Gasteiger partial charge in [-0.1, -0.05) is 69.2 Å². The molecule has 0 saturated carbocycles. The minimum Gasteiger partial charge on any atom is -0.467 e. The maximum absolute atomic E-state index is 12.9. The lowest BCUT2D eigenvalue weighted by atomic mass is 10.0. The van der Waals surface area contributed by atoms with Crippen molar-refractivity contribution in [3.05, 3.63) is 48.0 Å². The third kappa shape index (κ3) is 14.3. The van der Waals surface area contributed by atoms with Crippen LogP contribution in [0.2, 0.25) is 0 Å². The molecular weight excluding hydrogens is 542 g/mol. The molecule has 2 rings (SSSR count). The van der Waals surface area contributed by atoms with Gasteiger partial charge in [0.2, 0.25) is 17.7 Å². The zero-order valence-corrected chi connectivity index (χ0v) is 25.6. The molecule has 0 spiro atoms. The fraction of sp³-hybridized carbons (Fsp3) is 0.533. The molecule has 0 heterocycles. The summed E-state index contributed by atoms with van der Waals surface area (Å²) in [6.07, 6.45) is 5.21. The molecule has 2 aromatic carbocycles. The van der Waals surface area contributed by atoms with Gasteiger partial charge in [-0.3, -0.25) is 19.3 Å². The Morgan fingerprint density at radius 2 is 1.71 bits per heavy atom. The van der Waals surface area contributed by atoms with Crippen molar-refractivity contribution in [2.75, 3.05) is 38.8 Å². The number of nitrogens with one attached hydrogen (secondary N) is 2. The Bertz CT molecular complexity index is 1090. The van der Waals surface area contributed by atoms with E-state index >= 15 is 0 Å². The second kappa shape index (κ2) is 20.7. The van der Waals surface area contributed by atoms with E-state index in [9.17, 15) is 19.2 Å². The van der Waals surface area contributed by atoms with Gasteiger partial charge in [-0.2, -0.15) is 11.8 Å². The SMILES string of the molecule is CCCC.COC(=O)[C@H](CCSC)NC(=O)CN(CCNC(=O)[C@@H](N)CCC(N)=O)Cc1cccc2ccccc12. The lowest BCUT2D eigenvalue weighted by molar-refractivity contribution is -0.145. The molecule has 0 fully saturated rings. The fourth-order valence-electron chi connectivity index (χ4n) is 3.85. The van der Waals surface area contributed by atoms with Gasteiger partial charge in [-0.05, 0) is 41.2 Å². The van der Waals surface area contributed by atoms with Crippen molar-refractivity contribution in [1.82, 2.24) is 15.5 Å². The average molecular weight is 590 g/mol. The van der Waals surface area contributed by atoms with E-state index in [2.05, 4.69) is 24.5 Å². The van der Waals surface area contributed by atoms with Crippen LogP contribution in [0.15, 0.2) is 42.5 Å². The normalized spacial score (nSPS) is 12.1. The number of carbonyl (C=O) groups excluding carboxylic acids is 4. The van der Waals surface area contributed by atoms with Gasteiger partial charge >= 0.3 is 5.97 Å². The Morgan fingerprint density at radius 3 is 2.34 bits per heavy atom. The number of hydrogen-bond acceptors (Lipinski definition) is 8. The molecule has 2 atom stereocenters. The smallest absolute Gasteiger partial charge is 0.328 e. The number of amides is 3. The van der Waals surface area contributed by atoms with Crippen LogP contribution < -0.4 is 22.1 Å². The number of rotatable bonds is 17. The molecule has 2 aromatic rings. The maximum Gasteiger partial charge on any atom is 0.328 e. The first-order chi connectivity index (χ1) is 19.7. The number of nitrogens with two attached hydrogens (primary N) is 2. The maximum atomic E-state index is 12.9. The number of benzene rings is 2. The number of carbonyl (C=O) groups is 4. The van der Waals surface area contributed by atoms with Gasteiger partial charge in [-0.25, -0.2) is 4.79 Å². The Kier molecular flexibility index (Phi) is 18.1. The van der Waals surface area contributed by atoms with Crippen LogP contribution in [0, 0.1) is 0 Å². The van der Waals surface area contributed by atoms with Crippen LogP contribution in [0.4, 0.5) is 0 Å². The summed E-state index contributed by atoms with van der Waals surface area (Å²) in [5, 5.41) is 7.70. The summed E-state index contributed by atoms with van der Waals surface area (Å²) in [7, 11) is 1.30. The highest BCUT2D eigenvalue weighted by atomic mass is 32.2. The molecular formula is C30H47N5O5S. The summed E-state index contributed by atoms with van der Waals surface area (Å²) in [5.74, 6) is -1.01. The number of ether oxygens (including phenoxy) is 1. The predicted octanol–water partition coefficient (Wildman–Crippen LogP) is 2.57. The number of primary amides is 1.